The molecule has 43 heavy (non-hydrogen) atoms. The summed E-state index contributed by atoms with van der Waals surface area (Å²) in [5, 5.41) is 7.76. The first kappa shape index (κ1) is 30.6. The second-order valence-corrected chi connectivity index (χ2v) is 11.0. The standard InChI is InChI=1S/C30H16BrCl3F2N2O5/c31-19-5-1-15(2-6-19)27(39)17-9-21(33)29(23(35)11-17)41-13-25-37-38-26(43-25)14-42-30-22(34)10-18(12-24(30)36)28(40)16-3-7-20(32)8-4-16/h1-12H,13-14H2. The summed E-state index contributed by atoms with van der Waals surface area (Å²) >= 11 is 21.5. The van der Waals surface area contributed by atoms with Crippen molar-refractivity contribution in [3.05, 3.63) is 138 Å². The fourth-order valence-corrected chi connectivity index (χ4v) is 4.78. The smallest absolute Gasteiger partial charge is 0.254 e. The Morgan fingerprint density at radius 2 is 1.09 bits per heavy atom. The Bertz CT molecular complexity index is 1660. The summed E-state index contributed by atoms with van der Waals surface area (Å²) in [5.74, 6) is -3.35. The van der Waals surface area contributed by atoms with Crippen LogP contribution in [0.15, 0.2) is 81.7 Å². The Kier molecular flexibility index (Phi) is 9.41. The van der Waals surface area contributed by atoms with Crippen LogP contribution in [0.5, 0.6) is 11.5 Å². The molecule has 0 aliphatic carbocycles. The molecule has 0 bridgehead atoms. The number of hydrogen-bond acceptors (Lipinski definition) is 7. The van der Waals surface area contributed by atoms with E-state index < -0.39 is 23.2 Å². The number of rotatable bonds is 10. The van der Waals surface area contributed by atoms with Crippen molar-refractivity contribution < 1.29 is 32.3 Å². The van der Waals surface area contributed by atoms with E-state index in [1.807, 2.05) is 0 Å². The van der Waals surface area contributed by atoms with Gasteiger partial charge in [-0.15, -0.1) is 10.2 Å². The van der Waals surface area contributed by atoms with E-state index in [0.717, 1.165) is 16.6 Å². The van der Waals surface area contributed by atoms with E-state index in [1.165, 1.54) is 24.3 Å². The average molecular weight is 709 g/mol. The molecule has 1 aromatic heterocycles. The molecule has 0 saturated heterocycles. The van der Waals surface area contributed by atoms with Crippen molar-refractivity contribution in [1.29, 1.82) is 0 Å². The zero-order chi connectivity index (χ0) is 30.7. The van der Waals surface area contributed by atoms with Crippen molar-refractivity contribution in [3.63, 3.8) is 0 Å². The zero-order valence-electron chi connectivity index (χ0n) is 21.5. The molecule has 1 heterocycles. The fourth-order valence-electron chi connectivity index (χ4n) is 3.87. The van der Waals surface area contributed by atoms with Crippen LogP contribution in [0, 0.1) is 11.6 Å². The number of ketones is 2. The molecule has 13 heteroatoms. The van der Waals surface area contributed by atoms with Gasteiger partial charge in [0.1, 0.15) is 0 Å². The van der Waals surface area contributed by atoms with Crippen LogP contribution in [0.3, 0.4) is 0 Å². The molecular formula is C30H16BrCl3F2N2O5. The maximum atomic E-state index is 14.8. The molecule has 0 N–H and O–H groups in total. The average Bonchev–Trinajstić information content (AvgIpc) is 3.44. The minimum absolute atomic E-state index is 0.0194. The van der Waals surface area contributed by atoms with E-state index in [4.69, 9.17) is 48.7 Å². The third-order valence-corrected chi connectivity index (χ3v) is 7.26. The Balaban J connectivity index is 1.21. The van der Waals surface area contributed by atoms with Crippen LogP contribution in [0.2, 0.25) is 15.1 Å². The van der Waals surface area contributed by atoms with Gasteiger partial charge < -0.3 is 13.9 Å². The van der Waals surface area contributed by atoms with Gasteiger partial charge in [-0.3, -0.25) is 9.59 Å². The van der Waals surface area contributed by atoms with Crippen LogP contribution in [-0.4, -0.2) is 21.8 Å². The summed E-state index contributed by atoms with van der Waals surface area (Å²) in [6.07, 6.45) is 0. The monoisotopic (exact) mass is 706 g/mol. The summed E-state index contributed by atoms with van der Waals surface area (Å²) in [7, 11) is 0. The van der Waals surface area contributed by atoms with Gasteiger partial charge in [0.2, 0.25) is 0 Å². The predicted molar refractivity (Wildman–Crippen MR) is 158 cm³/mol. The molecular weight excluding hydrogens is 693 g/mol. The summed E-state index contributed by atoms with van der Waals surface area (Å²) in [6.45, 7) is -0.726. The molecule has 5 rings (SSSR count). The lowest BCUT2D eigenvalue weighted by molar-refractivity contribution is 0.103. The van der Waals surface area contributed by atoms with Crippen molar-refractivity contribution in [3.8, 4) is 11.5 Å². The van der Waals surface area contributed by atoms with Crippen LogP contribution in [0.25, 0.3) is 0 Å². The third-order valence-electron chi connectivity index (χ3n) is 5.92. The molecule has 0 unspecified atom stereocenters. The molecule has 0 aliphatic rings. The topological polar surface area (TPSA) is 91.5 Å². The van der Waals surface area contributed by atoms with E-state index in [-0.39, 0.29) is 57.7 Å². The van der Waals surface area contributed by atoms with Gasteiger partial charge >= 0.3 is 0 Å². The normalized spacial score (nSPS) is 10.9. The SMILES string of the molecule is O=C(c1ccc(Cl)cc1)c1cc(F)c(OCc2nnc(COc3c(F)cc(C(=O)c4ccc(Br)cc4)cc3Cl)o2)c(Cl)c1. The number of aromatic nitrogens is 2. The van der Waals surface area contributed by atoms with Crippen LogP contribution in [-0.2, 0) is 13.2 Å². The Morgan fingerprint density at radius 1 is 0.674 bits per heavy atom. The molecule has 0 spiro atoms. The molecule has 0 amide bonds. The van der Waals surface area contributed by atoms with Crippen LogP contribution in [0.4, 0.5) is 8.78 Å². The number of nitrogens with zero attached hydrogens (tertiary/aromatic N) is 2. The van der Waals surface area contributed by atoms with E-state index in [1.54, 1.807) is 36.4 Å². The minimum Gasteiger partial charge on any atom is -0.479 e. The van der Waals surface area contributed by atoms with Crippen molar-refractivity contribution in [2.75, 3.05) is 0 Å². The van der Waals surface area contributed by atoms with E-state index in [2.05, 4.69) is 26.1 Å². The van der Waals surface area contributed by atoms with Gasteiger partial charge in [-0.2, -0.15) is 0 Å². The summed E-state index contributed by atoms with van der Waals surface area (Å²) < 4.78 is 46.6. The van der Waals surface area contributed by atoms with Crippen LogP contribution < -0.4 is 9.47 Å². The third kappa shape index (κ3) is 7.22. The lowest BCUT2D eigenvalue weighted by Crippen LogP contribution is -2.04. The molecule has 7 nitrogen and oxygen atoms in total. The summed E-state index contributed by atoms with van der Waals surface area (Å²) in [6, 6.07) is 17.3. The molecule has 218 valence electrons. The van der Waals surface area contributed by atoms with E-state index in [0.29, 0.717) is 16.1 Å². The van der Waals surface area contributed by atoms with Crippen molar-refractivity contribution >= 4 is 62.3 Å². The maximum Gasteiger partial charge on any atom is 0.254 e. The first-order valence-electron chi connectivity index (χ1n) is 12.2. The number of benzene rings is 4. The second kappa shape index (κ2) is 13.2. The van der Waals surface area contributed by atoms with Crippen molar-refractivity contribution in [2.24, 2.45) is 0 Å². The largest absolute Gasteiger partial charge is 0.479 e. The molecule has 5 aromatic rings. The Hall–Kier alpha value is -3.83. The highest BCUT2D eigenvalue weighted by Gasteiger charge is 2.20. The second-order valence-electron chi connectivity index (χ2n) is 8.88. The first-order chi connectivity index (χ1) is 20.6. The highest BCUT2D eigenvalue weighted by Crippen LogP contribution is 2.32. The van der Waals surface area contributed by atoms with Gasteiger partial charge in [-0.1, -0.05) is 50.7 Å². The molecule has 0 fully saturated rings. The highest BCUT2D eigenvalue weighted by atomic mass is 79.9. The van der Waals surface area contributed by atoms with E-state index >= 15 is 0 Å². The maximum absolute atomic E-state index is 14.8. The van der Waals surface area contributed by atoms with Crippen molar-refractivity contribution in [2.45, 2.75) is 13.2 Å². The van der Waals surface area contributed by atoms with Gasteiger partial charge in [0, 0.05) is 31.7 Å². The van der Waals surface area contributed by atoms with E-state index in [9.17, 15) is 18.4 Å². The van der Waals surface area contributed by atoms with Gasteiger partial charge in [0.05, 0.1) is 10.0 Å². The van der Waals surface area contributed by atoms with Gasteiger partial charge in [-0.05, 0) is 72.8 Å². The van der Waals surface area contributed by atoms with Crippen LogP contribution >= 0.6 is 50.7 Å². The minimum atomic E-state index is -0.875. The molecule has 0 saturated carbocycles. The Morgan fingerprint density at radius 3 is 1.51 bits per heavy atom. The number of ether oxygens (including phenoxy) is 2. The molecule has 0 radical (unpaired) electrons. The molecule has 4 aromatic carbocycles. The molecule has 0 aliphatic heterocycles. The zero-order valence-corrected chi connectivity index (χ0v) is 25.4. The lowest BCUT2D eigenvalue weighted by atomic mass is 10.0. The van der Waals surface area contributed by atoms with Gasteiger partial charge in [-0.25, -0.2) is 8.78 Å². The molecule has 0 atom stereocenters. The summed E-state index contributed by atoms with van der Waals surface area (Å²) in [5.41, 5.74) is 0.727. The Labute approximate surface area is 266 Å². The van der Waals surface area contributed by atoms with Crippen molar-refractivity contribution in [1.82, 2.24) is 10.2 Å². The quantitative estimate of drug-likeness (QED) is 0.134. The number of hydrogen-bond donors (Lipinski definition) is 0. The fraction of sp³-hybridized carbons (Fsp3) is 0.0667. The lowest BCUT2D eigenvalue weighted by Gasteiger charge is -2.10. The number of carbonyl (C=O) groups excluding carboxylic acids is 2. The summed E-state index contributed by atoms with van der Waals surface area (Å²) in [4.78, 5) is 25.4. The predicted octanol–water partition coefficient (Wildman–Crippen LogP) is 8.69. The van der Waals surface area contributed by atoms with Crippen LogP contribution in [0.1, 0.15) is 43.6 Å². The number of carbonyl (C=O) groups is 2. The first-order valence-corrected chi connectivity index (χ1v) is 14.2. The number of halogens is 6. The van der Waals surface area contributed by atoms with Gasteiger partial charge in [0.15, 0.2) is 47.9 Å². The highest BCUT2D eigenvalue weighted by molar-refractivity contribution is 9.10. The van der Waals surface area contributed by atoms with Gasteiger partial charge in [0.25, 0.3) is 11.8 Å².